The summed E-state index contributed by atoms with van der Waals surface area (Å²) >= 11 is 12.2. The molecule has 1 amide bonds. The first-order valence-corrected chi connectivity index (χ1v) is 15.2. The summed E-state index contributed by atoms with van der Waals surface area (Å²) in [6.45, 7) is 4.69. The molecule has 0 aromatic heterocycles. The van der Waals surface area contributed by atoms with Gasteiger partial charge in [0.15, 0.2) is 0 Å². The van der Waals surface area contributed by atoms with Crippen molar-refractivity contribution in [2.24, 2.45) is 23.2 Å². The molecule has 4 bridgehead atoms. The minimum Gasteiger partial charge on any atom is -0.376 e. The Morgan fingerprint density at radius 1 is 1.02 bits per heavy atom. The number of hydrogen-bond acceptors (Lipinski definition) is 5. The van der Waals surface area contributed by atoms with E-state index in [1.165, 1.54) is 38.5 Å². The van der Waals surface area contributed by atoms with Crippen molar-refractivity contribution < 1.29 is 9.72 Å². The minimum absolute atomic E-state index is 0.0684. The normalized spacial score (nSPS) is 28.2. The first kappa shape index (κ1) is 27.4. The third-order valence-corrected chi connectivity index (χ3v) is 10.4. The zero-order valence-electron chi connectivity index (χ0n) is 22.8. The lowest BCUT2D eigenvalue weighted by atomic mass is 9.48. The predicted octanol–water partition coefficient (Wildman–Crippen LogP) is 7.28. The standard InChI is InChI=1S/C31H36Cl2N4O3/c1-20(31-17-21-12-22(18-31)14-23(13-21)19-31)34-28-16-26(5-6-29(28)37(39)40)35-8-10-36(11-9-35)30(38)7-3-24-2-4-25(32)15-27(24)33/h2-7,15-16,20-23,34H,8-14,17-19H2,1H3/b7-3+/t20-,21?,22?,23?,31?/m0/s1. The fourth-order valence-corrected chi connectivity index (χ4v) is 8.65. The van der Waals surface area contributed by atoms with Crippen LogP contribution < -0.4 is 10.2 Å². The Hall–Kier alpha value is -2.77. The molecular formula is C31H36Cl2N4O3. The van der Waals surface area contributed by atoms with Gasteiger partial charge in [-0.15, -0.1) is 0 Å². The van der Waals surface area contributed by atoms with E-state index in [4.69, 9.17) is 23.2 Å². The van der Waals surface area contributed by atoms with Crippen LogP contribution in [0.5, 0.6) is 0 Å². The number of benzene rings is 2. The predicted molar refractivity (Wildman–Crippen MR) is 161 cm³/mol. The highest BCUT2D eigenvalue weighted by atomic mass is 35.5. The van der Waals surface area contributed by atoms with Crippen molar-refractivity contribution in [1.82, 2.24) is 4.90 Å². The number of nitrogens with zero attached hydrogens (tertiary/aromatic N) is 3. The van der Waals surface area contributed by atoms with Crippen LogP contribution in [0, 0.1) is 33.3 Å². The molecule has 1 aliphatic heterocycles. The number of amides is 1. The molecule has 7 rings (SSSR count). The molecule has 2 aromatic rings. The number of nitro groups is 1. The van der Waals surface area contributed by atoms with Gasteiger partial charge in [-0.05, 0) is 105 Å². The first-order chi connectivity index (χ1) is 19.2. The van der Waals surface area contributed by atoms with Gasteiger partial charge in [-0.2, -0.15) is 0 Å². The van der Waals surface area contributed by atoms with Crippen LogP contribution in [0.15, 0.2) is 42.5 Å². The zero-order valence-corrected chi connectivity index (χ0v) is 24.3. The summed E-state index contributed by atoms with van der Waals surface area (Å²) in [4.78, 5) is 28.5. The highest BCUT2D eigenvalue weighted by Gasteiger charge is 2.53. The van der Waals surface area contributed by atoms with Gasteiger partial charge in [0.05, 0.1) is 4.92 Å². The maximum Gasteiger partial charge on any atom is 0.292 e. The number of anilines is 2. The number of carbonyl (C=O) groups is 1. The second-order valence-electron chi connectivity index (χ2n) is 12.4. The lowest BCUT2D eigenvalue weighted by Gasteiger charge is -2.59. The van der Waals surface area contributed by atoms with Gasteiger partial charge >= 0.3 is 0 Å². The highest BCUT2D eigenvalue weighted by molar-refractivity contribution is 6.35. The molecule has 0 radical (unpaired) electrons. The van der Waals surface area contributed by atoms with E-state index in [-0.39, 0.29) is 28.0 Å². The van der Waals surface area contributed by atoms with Crippen LogP contribution in [0.3, 0.4) is 0 Å². The van der Waals surface area contributed by atoms with Crippen molar-refractivity contribution in [2.45, 2.75) is 51.5 Å². The summed E-state index contributed by atoms with van der Waals surface area (Å²) in [5.74, 6) is 2.41. The summed E-state index contributed by atoms with van der Waals surface area (Å²) < 4.78 is 0. The Kier molecular flexibility index (Phi) is 7.47. The van der Waals surface area contributed by atoms with Gasteiger partial charge in [0.1, 0.15) is 5.69 Å². The smallest absolute Gasteiger partial charge is 0.292 e. The van der Waals surface area contributed by atoms with Crippen molar-refractivity contribution in [3.05, 3.63) is 68.2 Å². The van der Waals surface area contributed by atoms with Crippen LogP contribution in [0.2, 0.25) is 10.0 Å². The Bertz CT molecular complexity index is 1300. The van der Waals surface area contributed by atoms with Crippen LogP contribution in [0.4, 0.5) is 17.1 Å². The largest absolute Gasteiger partial charge is 0.376 e. The molecule has 1 N–H and O–H groups in total. The number of nitro benzene ring substituents is 1. The van der Waals surface area contributed by atoms with Crippen molar-refractivity contribution in [3.8, 4) is 0 Å². The van der Waals surface area contributed by atoms with E-state index in [1.807, 2.05) is 17.0 Å². The molecule has 9 heteroatoms. The third kappa shape index (κ3) is 5.42. The Labute approximate surface area is 245 Å². The summed E-state index contributed by atoms with van der Waals surface area (Å²) in [5, 5.41) is 16.6. The van der Waals surface area contributed by atoms with Gasteiger partial charge in [0, 0.05) is 60.1 Å². The van der Waals surface area contributed by atoms with Crippen molar-refractivity contribution in [1.29, 1.82) is 0 Å². The number of piperazine rings is 1. The zero-order chi connectivity index (χ0) is 28.0. The molecule has 7 nitrogen and oxygen atoms in total. The number of hydrogen-bond donors (Lipinski definition) is 1. The summed E-state index contributed by atoms with van der Waals surface area (Å²) in [5.41, 5.74) is 2.66. The van der Waals surface area contributed by atoms with E-state index in [9.17, 15) is 14.9 Å². The van der Waals surface area contributed by atoms with Crippen LogP contribution in [0.1, 0.15) is 51.0 Å². The SMILES string of the molecule is C[C@H](Nc1cc(N2CCN(C(=O)/C=C/c3ccc(Cl)cc3Cl)CC2)ccc1[N+](=O)[O-])C12CC3CC(CC(C3)C1)C2. The van der Waals surface area contributed by atoms with Crippen molar-refractivity contribution in [3.63, 3.8) is 0 Å². The van der Waals surface area contributed by atoms with E-state index in [0.717, 1.165) is 29.0 Å². The third-order valence-electron chi connectivity index (χ3n) is 9.88. The molecule has 212 valence electrons. The van der Waals surface area contributed by atoms with Gasteiger partial charge in [0.2, 0.25) is 5.91 Å². The molecule has 5 fully saturated rings. The lowest BCUT2D eigenvalue weighted by Crippen LogP contribution is -2.53. The molecule has 1 atom stereocenters. The summed E-state index contributed by atoms with van der Waals surface area (Å²) in [7, 11) is 0. The van der Waals surface area contributed by atoms with Crippen LogP contribution in [0.25, 0.3) is 6.08 Å². The monoisotopic (exact) mass is 582 g/mol. The molecular weight excluding hydrogens is 547 g/mol. The number of halogens is 2. The Balaban J connectivity index is 1.12. The molecule has 4 saturated carbocycles. The Morgan fingerprint density at radius 3 is 2.27 bits per heavy atom. The molecule has 1 saturated heterocycles. The van der Waals surface area contributed by atoms with E-state index >= 15 is 0 Å². The minimum atomic E-state index is -0.283. The molecule has 5 aliphatic rings. The van der Waals surface area contributed by atoms with Gasteiger partial charge < -0.3 is 15.1 Å². The van der Waals surface area contributed by atoms with Crippen molar-refractivity contribution >= 4 is 52.2 Å². The maximum atomic E-state index is 12.8. The fourth-order valence-electron chi connectivity index (χ4n) is 8.18. The molecule has 4 aliphatic carbocycles. The van der Waals surface area contributed by atoms with E-state index in [1.54, 1.807) is 36.4 Å². The van der Waals surface area contributed by atoms with Crippen LogP contribution >= 0.6 is 23.2 Å². The highest BCUT2D eigenvalue weighted by Crippen LogP contribution is 2.61. The van der Waals surface area contributed by atoms with Crippen LogP contribution in [-0.4, -0.2) is 48.0 Å². The second kappa shape index (κ2) is 10.9. The average molecular weight is 584 g/mol. The van der Waals surface area contributed by atoms with Gasteiger partial charge in [-0.1, -0.05) is 29.3 Å². The molecule has 2 aromatic carbocycles. The van der Waals surface area contributed by atoms with Crippen LogP contribution in [-0.2, 0) is 4.79 Å². The summed E-state index contributed by atoms with van der Waals surface area (Å²) in [6, 6.07) is 10.8. The van der Waals surface area contributed by atoms with E-state index < -0.39 is 0 Å². The fraction of sp³-hybridized carbons (Fsp3) is 0.516. The second-order valence-corrected chi connectivity index (χ2v) is 13.3. The van der Waals surface area contributed by atoms with Gasteiger partial charge in [0.25, 0.3) is 5.69 Å². The van der Waals surface area contributed by atoms with E-state index in [0.29, 0.717) is 41.9 Å². The molecule has 0 unspecified atom stereocenters. The molecule has 40 heavy (non-hydrogen) atoms. The van der Waals surface area contributed by atoms with Gasteiger partial charge in [-0.25, -0.2) is 0 Å². The lowest BCUT2D eigenvalue weighted by molar-refractivity contribution is -0.384. The Morgan fingerprint density at radius 2 is 1.68 bits per heavy atom. The topological polar surface area (TPSA) is 78.7 Å². The van der Waals surface area contributed by atoms with E-state index in [2.05, 4.69) is 17.1 Å². The molecule has 0 spiro atoms. The number of carbonyl (C=O) groups excluding carboxylic acids is 1. The quantitative estimate of drug-likeness (QED) is 0.211. The average Bonchev–Trinajstić information content (AvgIpc) is 2.91. The number of rotatable bonds is 7. The molecule has 1 heterocycles. The van der Waals surface area contributed by atoms with Crippen molar-refractivity contribution in [2.75, 3.05) is 36.4 Å². The summed E-state index contributed by atoms with van der Waals surface area (Å²) in [6.07, 6.45) is 11.1. The first-order valence-electron chi connectivity index (χ1n) is 14.4. The number of nitrogens with one attached hydrogen (secondary N) is 1. The maximum absolute atomic E-state index is 12.8. The van der Waals surface area contributed by atoms with Gasteiger partial charge in [-0.3, -0.25) is 14.9 Å².